The van der Waals surface area contributed by atoms with Gasteiger partial charge in [-0.25, -0.2) is 0 Å². The van der Waals surface area contributed by atoms with Crippen LogP contribution in [-0.2, 0) is 23.9 Å². The van der Waals surface area contributed by atoms with Crippen molar-refractivity contribution < 1.29 is 23.9 Å². The number of hydrogen-bond donors (Lipinski definition) is 0. The average Bonchev–Trinajstić information content (AvgIpc) is 3.09. The Morgan fingerprint density at radius 1 is 0.500 bits per heavy atom. The molecule has 0 aromatic carbocycles. The molecule has 0 spiro atoms. The van der Waals surface area contributed by atoms with Crippen LogP contribution in [-0.4, -0.2) is 74.1 Å². The molecule has 0 bridgehead atoms. The summed E-state index contributed by atoms with van der Waals surface area (Å²) in [6.07, 6.45) is 28.0. The Morgan fingerprint density at radius 2 is 0.900 bits per heavy atom. The maximum atomic E-state index is 12.8. The monoisotopic (exact) mass is 709 g/mol. The minimum atomic E-state index is -0.0315. The maximum absolute atomic E-state index is 12.8. The molecule has 0 fully saturated rings. The average molecular weight is 709 g/mol. The van der Waals surface area contributed by atoms with Crippen molar-refractivity contribution in [1.82, 2.24) is 9.80 Å². The van der Waals surface area contributed by atoms with Gasteiger partial charge in [0.25, 0.3) is 0 Å². The van der Waals surface area contributed by atoms with Crippen LogP contribution in [0.4, 0.5) is 0 Å². The van der Waals surface area contributed by atoms with Crippen LogP contribution in [0.2, 0.25) is 0 Å². The number of nitrogens with zero attached hydrogens (tertiary/aromatic N) is 2. The molecule has 2 unspecified atom stereocenters. The topological polar surface area (TPSA) is 76.2 Å². The lowest BCUT2D eigenvalue weighted by Gasteiger charge is -2.32. The molecule has 2 atom stereocenters. The highest BCUT2D eigenvalue weighted by Gasteiger charge is 2.20. The van der Waals surface area contributed by atoms with Crippen molar-refractivity contribution in [2.45, 2.75) is 208 Å². The van der Waals surface area contributed by atoms with E-state index in [0.29, 0.717) is 43.9 Å². The molecule has 0 aliphatic rings. The van der Waals surface area contributed by atoms with Crippen LogP contribution in [0.1, 0.15) is 202 Å². The summed E-state index contributed by atoms with van der Waals surface area (Å²) in [7, 11) is 4.22. The van der Waals surface area contributed by atoms with Gasteiger partial charge in [0, 0.05) is 32.4 Å². The number of carbonyl (C=O) groups excluding carboxylic acids is 3. The Kier molecular flexibility index (Phi) is 33.3. The quantitative estimate of drug-likeness (QED) is 0.0476. The van der Waals surface area contributed by atoms with Crippen molar-refractivity contribution in [2.75, 3.05) is 40.4 Å². The van der Waals surface area contributed by atoms with Gasteiger partial charge in [-0.15, -0.1) is 0 Å². The van der Waals surface area contributed by atoms with Gasteiger partial charge in [-0.3, -0.25) is 14.4 Å². The lowest BCUT2D eigenvalue weighted by atomic mass is 9.98. The van der Waals surface area contributed by atoms with Gasteiger partial charge >= 0.3 is 11.9 Å². The zero-order chi connectivity index (χ0) is 37.2. The highest BCUT2D eigenvalue weighted by molar-refractivity contribution is 5.73. The minimum absolute atomic E-state index is 0.0315. The molecule has 7 nitrogen and oxygen atoms in total. The Bertz CT molecular complexity index is 756. The van der Waals surface area contributed by atoms with E-state index in [2.05, 4.69) is 51.6 Å². The number of unbranched alkanes of at least 4 members (excludes halogenated alkanes) is 13. The van der Waals surface area contributed by atoms with Gasteiger partial charge in [0.05, 0.1) is 13.2 Å². The number of hydrogen-bond acceptors (Lipinski definition) is 6. The van der Waals surface area contributed by atoms with Crippen LogP contribution in [0, 0.1) is 11.8 Å². The van der Waals surface area contributed by atoms with E-state index in [0.717, 1.165) is 116 Å². The van der Waals surface area contributed by atoms with Crippen molar-refractivity contribution in [3.8, 4) is 0 Å². The summed E-state index contributed by atoms with van der Waals surface area (Å²) in [6, 6.07) is 0.324. The van der Waals surface area contributed by atoms with E-state index in [9.17, 15) is 14.4 Å². The predicted molar refractivity (Wildman–Crippen MR) is 211 cm³/mol. The summed E-state index contributed by atoms with van der Waals surface area (Å²) in [6.45, 7) is 13.6. The molecule has 0 aromatic heterocycles. The van der Waals surface area contributed by atoms with Gasteiger partial charge in [-0.05, 0) is 83.8 Å². The smallest absolute Gasteiger partial charge is 0.305 e. The van der Waals surface area contributed by atoms with Crippen LogP contribution in [0.3, 0.4) is 0 Å². The Balaban J connectivity index is 4.44. The summed E-state index contributed by atoms with van der Waals surface area (Å²) in [5, 5.41) is 0. The van der Waals surface area contributed by atoms with Gasteiger partial charge in [0.15, 0.2) is 0 Å². The molecule has 0 N–H and O–H groups in total. The summed E-state index contributed by atoms with van der Waals surface area (Å²) < 4.78 is 11.1. The van der Waals surface area contributed by atoms with Gasteiger partial charge in [0.1, 0.15) is 0 Å². The normalized spacial score (nSPS) is 13.3. The van der Waals surface area contributed by atoms with E-state index in [1.54, 1.807) is 6.92 Å². The third-order valence-electron chi connectivity index (χ3n) is 10.5. The molecule has 296 valence electrons. The molecule has 7 heteroatoms. The molecule has 0 saturated heterocycles. The van der Waals surface area contributed by atoms with Gasteiger partial charge in [-0.2, -0.15) is 0 Å². The third kappa shape index (κ3) is 29.0. The molecule has 0 saturated carbocycles. The predicted octanol–water partition coefficient (Wildman–Crippen LogP) is 11.3. The number of ether oxygens (including phenoxy) is 2. The Morgan fingerprint density at radius 3 is 1.28 bits per heavy atom. The Labute approximate surface area is 310 Å². The highest BCUT2D eigenvalue weighted by atomic mass is 16.5. The van der Waals surface area contributed by atoms with Gasteiger partial charge < -0.3 is 19.3 Å². The molecule has 50 heavy (non-hydrogen) atoms. The zero-order valence-corrected chi connectivity index (χ0v) is 34.4. The second-order valence-corrected chi connectivity index (χ2v) is 15.4. The van der Waals surface area contributed by atoms with Crippen molar-refractivity contribution in [2.24, 2.45) is 11.8 Å². The summed E-state index contributed by atoms with van der Waals surface area (Å²) >= 11 is 0. The first kappa shape index (κ1) is 48.4. The van der Waals surface area contributed by atoms with Crippen LogP contribution >= 0.6 is 0 Å². The van der Waals surface area contributed by atoms with Crippen molar-refractivity contribution in [1.29, 1.82) is 0 Å². The molecule has 0 aromatic rings. The standard InChI is InChI=1S/C43H84N2O5/c1-8-12-28-39(10-3)36-49-42(47)32-24-20-16-14-18-22-30-41(45(38(5)46)35-27-26-34-44(6)7)31-23-19-15-17-21-25-33-43(48)50-37-40(11-4)29-13-9-2/h39-41H,8-37H2,1-7H3. The van der Waals surface area contributed by atoms with Gasteiger partial charge in [0.2, 0.25) is 5.91 Å². The molecule has 0 aliphatic heterocycles. The molecule has 0 rings (SSSR count). The highest BCUT2D eigenvalue weighted by Crippen LogP contribution is 2.21. The fraction of sp³-hybridized carbons (Fsp3) is 0.930. The van der Waals surface area contributed by atoms with Crippen LogP contribution < -0.4 is 0 Å². The van der Waals surface area contributed by atoms with E-state index >= 15 is 0 Å². The number of esters is 2. The second-order valence-electron chi connectivity index (χ2n) is 15.4. The molecule has 0 aliphatic carbocycles. The lowest BCUT2D eigenvalue weighted by molar-refractivity contribution is -0.146. The van der Waals surface area contributed by atoms with Crippen molar-refractivity contribution in [3.05, 3.63) is 0 Å². The van der Waals surface area contributed by atoms with Crippen LogP contribution in [0.25, 0.3) is 0 Å². The number of carbonyl (C=O) groups is 3. The second kappa shape index (κ2) is 34.5. The van der Waals surface area contributed by atoms with E-state index in [-0.39, 0.29) is 17.8 Å². The Hall–Kier alpha value is -1.63. The third-order valence-corrected chi connectivity index (χ3v) is 10.5. The molecular formula is C43H84N2O5. The van der Waals surface area contributed by atoms with Crippen molar-refractivity contribution in [3.63, 3.8) is 0 Å². The van der Waals surface area contributed by atoms with E-state index < -0.39 is 0 Å². The first-order valence-corrected chi connectivity index (χ1v) is 21.4. The summed E-state index contributed by atoms with van der Waals surface area (Å²) in [5.41, 5.74) is 0. The van der Waals surface area contributed by atoms with E-state index in [4.69, 9.17) is 9.47 Å². The minimum Gasteiger partial charge on any atom is -0.465 e. The summed E-state index contributed by atoms with van der Waals surface area (Å²) in [4.78, 5) is 41.5. The van der Waals surface area contributed by atoms with E-state index in [1.807, 2.05) is 0 Å². The van der Waals surface area contributed by atoms with Crippen molar-refractivity contribution >= 4 is 17.8 Å². The first-order valence-electron chi connectivity index (χ1n) is 21.4. The number of rotatable bonds is 36. The molecule has 0 heterocycles. The fourth-order valence-electron chi connectivity index (χ4n) is 6.84. The maximum Gasteiger partial charge on any atom is 0.305 e. The van der Waals surface area contributed by atoms with Crippen LogP contribution in [0.5, 0.6) is 0 Å². The first-order chi connectivity index (χ1) is 24.2. The SMILES string of the molecule is CCCCC(CC)COC(=O)CCCCCCCCC(CCCCCCCCC(=O)OCC(CC)CCCC)N(CCCCN(C)C)C(C)=O. The summed E-state index contributed by atoms with van der Waals surface area (Å²) in [5.74, 6) is 1.16. The van der Waals surface area contributed by atoms with Gasteiger partial charge in [-0.1, -0.05) is 130 Å². The lowest BCUT2D eigenvalue weighted by Crippen LogP contribution is -2.40. The van der Waals surface area contributed by atoms with E-state index in [1.165, 1.54) is 51.4 Å². The molecule has 0 radical (unpaired) electrons. The fourth-order valence-corrected chi connectivity index (χ4v) is 6.84. The molecular weight excluding hydrogens is 624 g/mol. The number of amides is 1. The molecule has 1 amide bonds. The largest absolute Gasteiger partial charge is 0.465 e. The zero-order valence-electron chi connectivity index (χ0n) is 34.4. The van der Waals surface area contributed by atoms with Crippen LogP contribution in [0.15, 0.2) is 0 Å².